The standard InChI is InChI=1S/C11H20N2O5/c1-8(4-14)12(3)10(17)13-6-11(2,7-13)18-5-9(15)16/h8,14H,4-7H2,1-3H3,(H,15,16). The number of hydrogen-bond donors (Lipinski definition) is 2. The third kappa shape index (κ3) is 3.33. The number of aliphatic hydroxyl groups excluding tert-OH is 1. The van der Waals surface area contributed by atoms with E-state index in [1.54, 1.807) is 25.8 Å². The zero-order valence-electron chi connectivity index (χ0n) is 10.9. The number of carboxylic acid groups (broad SMARTS) is 1. The van der Waals surface area contributed by atoms with Gasteiger partial charge in [0.05, 0.1) is 25.7 Å². The molecular weight excluding hydrogens is 240 g/mol. The van der Waals surface area contributed by atoms with Gasteiger partial charge in [-0.3, -0.25) is 0 Å². The van der Waals surface area contributed by atoms with Gasteiger partial charge >= 0.3 is 12.0 Å². The molecule has 0 aliphatic carbocycles. The van der Waals surface area contributed by atoms with Gasteiger partial charge < -0.3 is 24.7 Å². The third-order valence-electron chi connectivity index (χ3n) is 3.09. The van der Waals surface area contributed by atoms with Crippen molar-refractivity contribution in [2.45, 2.75) is 25.5 Å². The Hall–Kier alpha value is -1.34. The largest absolute Gasteiger partial charge is 0.480 e. The van der Waals surface area contributed by atoms with Crippen LogP contribution in [-0.4, -0.2) is 77.0 Å². The van der Waals surface area contributed by atoms with E-state index in [1.807, 2.05) is 0 Å². The van der Waals surface area contributed by atoms with E-state index in [4.69, 9.17) is 14.9 Å². The van der Waals surface area contributed by atoms with Gasteiger partial charge in [0.25, 0.3) is 0 Å². The molecule has 0 spiro atoms. The Bertz CT molecular complexity index is 327. The van der Waals surface area contributed by atoms with Crippen molar-refractivity contribution in [2.24, 2.45) is 0 Å². The number of likely N-dealkylation sites (N-methyl/N-ethyl adjacent to an activating group) is 1. The number of carboxylic acids is 1. The predicted octanol–water partition coefficient (Wildman–Crippen LogP) is -0.405. The van der Waals surface area contributed by atoms with Crippen LogP contribution in [0.3, 0.4) is 0 Å². The van der Waals surface area contributed by atoms with Crippen molar-refractivity contribution >= 4 is 12.0 Å². The Morgan fingerprint density at radius 3 is 2.50 bits per heavy atom. The molecule has 18 heavy (non-hydrogen) atoms. The van der Waals surface area contributed by atoms with Crippen LogP contribution in [-0.2, 0) is 9.53 Å². The number of amides is 2. The summed E-state index contributed by atoms with van der Waals surface area (Å²) in [4.78, 5) is 25.3. The molecule has 0 aromatic carbocycles. The van der Waals surface area contributed by atoms with Crippen molar-refractivity contribution in [2.75, 3.05) is 33.4 Å². The fraction of sp³-hybridized carbons (Fsp3) is 0.818. The van der Waals surface area contributed by atoms with Crippen molar-refractivity contribution in [3.63, 3.8) is 0 Å². The minimum absolute atomic E-state index is 0.0944. The molecule has 1 saturated heterocycles. The highest BCUT2D eigenvalue weighted by atomic mass is 16.5. The van der Waals surface area contributed by atoms with Crippen molar-refractivity contribution < 1.29 is 24.5 Å². The molecule has 1 atom stereocenters. The van der Waals surface area contributed by atoms with Crippen LogP contribution in [0.4, 0.5) is 4.79 Å². The van der Waals surface area contributed by atoms with Crippen molar-refractivity contribution in [1.29, 1.82) is 0 Å². The van der Waals surface area contributed by atoms with E-state index >= 15 is 0 Å². The summed E-state index contributed by atoms with van der Waals surface area (Å²) in [6.45, 7) is 3.79. The molecule has 1 fully saturated rings. The first-order chi connectivity index (χ1) is 8.29. The number of ether oxygens (including phenoxy) is 1. The second kappa shape index (κ2) is 5.53. The summed E-state index contributed by atoms with van der Waals surface area (Å²) in [5.74, 6) is -1.02. The van der Waals surface area contributed by atoms with Crippen LogP contribution in [0.5, 0.6) is 0 Å². The van der Waals surface area contributed by atoms with E-state index < -0.39 is 11.6 Å². The van der Waals surface area contributed by atoms with Gasteiger partial charge in [0.2, 0.25) is 0 Å². The fourth-order valence-electron chi connectivity index (χ4n) is 1.76. The third-order valence-corrected chi connectivity index (χ3v) is 3.09. The molecule has 7 nitrogen and oxygen atoms in total. The van der Waals surface area contributed by atoms with Gasteiger partial charge in [-0.05, 0) is 13.8 Å². The zero-order chi connectivity index (χ0) is 13.9. The topological polar surface area (TPSA) is 90.3 Å². The number of urea groups is 1. The molecule has 2 amide bonds. The van der Waals surface area contributed by atoms with Crippen LogP contribution in [0.2, 0.25) is 0 Å². The Labute approximate surface area is 106 Å². The highest BCUT2D eigenvalue weighted by Gasteiger charge is 2.44. The van der Waals surface area contributed by atoms with Crippen LogP contribution < -0.4 is 0 Å². The Morgan fingerprint density at radius 2 is 2.06 bits per heavy atom. The second-order valence-electron chi connectivity index (χ2n) is 4.91. The quantitative estimate of drug-likeness (QED) is 0.701. The molecular formula is C11H20N2O5. The Balaban J connectivity index is 2.41. The first kappa shape index (κ1) is 14.7. The van der Waals surface area contributed by atoms with Gasteiger partial charge in [-0.1, -0.05) is 0 Å². The summed E-state index contributed by atoms with van der Waals surface area (Å²) in [7, 11) is 1.62. The number of likely N-dealkylation sites (tertiary alicyclic amines) is 1. The lowest BCUT2D eigenvalue weighted by Crippen LogP contribution is -2.66. The van der Waals surface area contributed by atoms with Gasteiger partial charge in [0, 0.05) is 7.05 Å². The second-order valence-corrected chi connectivity index (χ2v) is 4.91. The zero-order valence-corrected chi connectivity index (χ0v) is 10.9. The lowest BCUT2D eigenvalue weighted by molar-refractivity contribution is -0.160. The molecule has 7 heteroatoms. The first-order valence-electron chi connectivity index (χ1n) is 5.77. The smallest absolute Gasteiger partial charge is 0.329 e. The van der Waals surface area contributed by atoms with Crippen molar-refractivity contribution in [3.8, 4) is 0 Å². The lowest BCUT2D eigenvalue weighted by atomic mass is 9.97. The van der Waals surface area contributed by atoms with Gasteiger partial charge in [0.15, 0.2) is 0 Å². The molecule has 1 heterocycles. The van der Waals surface area contributed by atoms with E-state index in [0.717, 1.165) is 0 Å². The highest BCUT2D eigenvalue weighted by Crippen LogP contribution is 2.25. The summed E-state index contributed by atoms with van der Waals surface area (Å²) >= 11 is 0. The molecule has 1 rings (SSSR count). The SMILES string of the molecule is CC(CO)N(C)C(=O)N1CC(C)(OCC(=O)O)C1. The van der Waals surface area contributed by atoms with Gasteiger partial charge in [-0.25, -0.2) is 9.59 Å². The normalized spacial score (nSPS) is 19.0. The van der Waals surface area contributed by atoms with E-state index in [-0.39, 0.29) is 25.3 Å². The number of rotatable bonds is 5. The summed E-state index contributed by atoms with van der Waals surface area (Å²) in [5, 5.41) is 17.5. The van der Waals surface area contributed by atoms with Crippen molar-refractivity contribution in [1.82, 2.24) is 9.80 Å². The summed E-state index contributed by atoms with van der Waals surface area (Å²) in [5.41, 5.74) is -0.586. The minimum Gasteiger partial charge on any atom is -0.480 e. The lowest BCUT2D eigenvalue weighted by Gasteiger charge is -2.48. The summed E-state index contributed by atoms with van der Waals surface area (Å²) in [6, 6.07) is -0.433. The Kier molecular flexibility index (Phi) is 4.53. The monoisotopic (exact) mass is 260 g/mol. The number of aliphatic hydroxyl groups is 1. The first-order valence-corrected chi connectivity index (χ1v) is 5.77. The van der Waals surface area contributed by atoms with Gasteiger partial charge in [-0.15, -0.1) is 0 Å². The number of nitrogens with zero attached hydrogens (tertiary/aromatic N) is 2. The highest BCUT2D eigenvalue weighted by molar-refractivity contribution is 5.76. The Morgan fingerprint density at radius 1 is 1.50 bits per heavy atom. The summed E-state index contributed by atoms with van der Waals surface area (Å²) in [6.07, 6.45) is 0. The van der Waals surface area contributed by atoms with Gasteiger partial charge in [0.1, 0.15) is 12.2 Å². The van der Waals surface area contributed by atoms with Crippen LogP contribution in [0.25, 0.3) is 0 Å². The maximum Gasteiger partial charge on any atom is 0.329 e. The number of aliphatic carboxylic acids is 1. The molecule has 1 unspecified atom stereocenters. The molecule has 0 saturated carbocycles. The van der Waals surface area contributed by atoms with Crippen LogP contribution in [0.1, 0.15) is 13.8 Å². The van der Waals surface area contributed by atoms with E-state index in [1.165, 1.54) is 4.90 Å². The molecule has 0 bridgehead atoms. The minimum atomic E-state index is -1.02. The van der Waals surface area contributed by atoms with Crippen LogP contribution in [0, 0.1) is 0 Å². The average Bonchev–Trinajstić information content (AvgIpc) is 2.30. The van der Waals surface area contributed by atoms with E-state index in [9.17, 15) is 9.59 Å². The summed E-state index contributed by atoms with van der Waals surface area (Å²) < 4.78 is 5.21. The molecule has 0 aromatic heterocycles. The van der Waals surface area contributed by atoms with Crippen LogP contribution in [0.15, 0.2) is 0 Å². The number of carbonyl (C=O) groups excluding carboxylic acids is 1. The molecule has 1 aliphatic heterocycles. The molecule has 1 aliphatic rings. The van der Waals surface area contributed by atoms with Gasteiger partial charge in [-0.2, -0.15) is 0 Å². The molecule has 0 aromatic rings. The maximum absolute atomic E-state index is 11.9. The number of carbonyl (C=O) groups is 2. The average molecular weight is 260 g/mol. The molecule has 0 radical (unpaired) electrons. The number of hydrogen-bond acceptors (Lipinski definition) is 4. The maximum atomic E-state index is 11.9. The van der Waals surface area contributed by atoms with E-state index in [0.29, 0.717) is 13.1 Å². The van der Waals surface area contributed by atoms with E-state index in [2.05, 4.69) is 0 Å². The predicted molar refractivity (Wildman–Crippen MR) is 63.3 cm³/mol. The molecule has 2 N–H and O–H groups in total. The molecule has 104 valence electrons. The fourth-order valence-corrected chi connectivity index (χ4v) is 1.76. The van der Waals surface area contributed by atoms with Crippen molar-refractivity contribution in [3.05, 3.63) is 0 Å². The van der Waals surface area contributed by atoms with Crippen LogP contribution >= 0.6 is 0 Å².